The summed E-state index contributed by atoms with van der Waals surface area (Å²) in [5.74, 6) is 0. The molecule has 0 heterocycles. The van der Waals surface area contributed by atoms with Gasteiger partial charge in [-0.05, 0) is 0 Å². The van der Waals surface area contributed by atoms with Crippen molar-refractivity contribution in [2.75, 3.05) is 0 Å². The quantitative estimate of drug-likeness (QED) is 0.473. The first kappa shape index (κ1) is 22.1. The Bertz CT molecular complexity index is 485. The molecule has 6 heteroatoms. The van der Waals surface area contributed by atoms with E-state index in [2.05, 4.69) is 102 Å². The first-order valence-corrected chi connectivity index (χ1v) is 34.1. The molecule has 1 aromatic carbocycles. The van der Waals surface area contributed by atoms with Crippen LogP contribution >= 0.6 is 0 Å². The maximum atomic E-state index is 2.76. The van der Waals surface area contributed by atoms with E-state index in [1.807, 2.05) is 0 Å². The van der Waals surface area contributed by atoms with Gasteiger partial charge in [0.15, 0.2) is 0 Å². The molecule has 0 bridgehead atoms. The van der Waals surface area contributed by atoms with Gasteiger partial charge >= 0.3 is 159 Å². The molecule has 23 heavy (non-hydrogen) atoms. The van der Waals surface area contributed by atoms with Crippen molar-refractivity contribution in [2.24, 2.45) is 0 Å². The fourth-order valence-corrected chi connectivity index (χ4v) is 250. The van der Waals surface area contributed by atoms with E-state index < -0.39 is 32.6 Å². The van der Waals surface area contributed by atoms with Crippen molar-refractivity contribution in [3.05, 3.63) is 30.3 Å². The standard InChI is InChI=1S/C17H38Si5Te/c1-18(2,3)22(19(4,5)6,20(7,8)9)23-21(10,11)17-15-13-12-14-16-17/h12-16H,1-11H3. The molecular formula is C17H38Si5Te. The Morgan fingerprint density at radius 1 is 0.565 bits per heavy atom. The monoisotopic (exact) mass is 512 g/mol. The normalized spacial score (nSPS) is 14.9. The maximum absolute atomic E-state index is 2.76. The molecule has 0 unspecified atom stereocenters. The molecule has 0 saturated heterocycles. The van der Waals surface area contributed by atoms with E-state index in [-0.39, 0.29) is 19.3 Å². The minimum absolute atomic E-state index is 0.104. The molecular weight excluding hydrogens is 472 g/mol. The number of rotatable bonds is 6. The number of benzene rings is 1. The molecule has 1 rings (SSSR count). The van der Waals surface area contributed by atoms with Crippen LogP contribution in [0.1, 0.15) is 0 Å². The van der Waals surface area contributed by atoms with Crippen LogP contribution in [0.25, 0.3) is 0 Å². The number of hydrogen-bond acceptors (Lipinski definition) is 0. The molecule has 0 N–H and O–H groups in total. The van der Waals surface area contributed by atoms with Gasteiger partial charge in [-0.15, -0.1) is 0 Å². The Morgan fingerprint density at radius 3 is 1.22 bits per heavy atom. The van der Waals surface area contributed by atoms with Gasteiger partial charge in [-0.3, -0.25) is 0 Å². The zero-order chi connectivity index (χ0) is 18.3. The van der Waals surface area contributed by atoms with Crippen LogP contribution in [-0.2, 0) is 0 Å². The summed E-state index contributed by atoms with van der Waals surface area (Å²) in [5, 5.41) is 1.74. The zero-order valence-corrected chi connectivity index (χ0v) is 24.6. The van der Waals surface area contributed by atoms with Crippen molar-refractivity contribution in [1.29, 1.82) is 0 Å². The predicted molar refractivity (Wildman–Crippen MR) is 125 cm³/mol. The molecule has 0 radical (unpaired) electrons. The molecule has 0 aliphatic heterocycles. The fraction of sp³-hybridized carbons (Fsp3) is 0.647. The van der Waals surface area contributed by atoms with Gasteiger partial charge in [0, 0.05) is 0 Å². The van der Waals surface area contributed by atoms with Gasteiger partial charge in [0.05, 0.1) is 0 Å². The van der Waals surface area contributed by atoms with Gasteiger partial charge in [0.2, 0.25) is 0 Å². The minimum atomic E-state index is -1.25. The molecule has 0 atom stereocenters. The van der Waals surface area contributed by atoms with Gasteiger partial charge in [0.1, 0.15) is 0 Å². The van der Waals surface area contributed by atoms with Crippen LogP contribution in [0, 0.1) is 0 Å². The molecule has 0 nitrogen and oxygen atoms in total. The van der Waals surface area contributed by atoms with Crippen LogP contribution < -0.4 is 5.19 Å². The summed E-state index contributed by atoms with van der Waals surface area (Å²) in [5.41, 5.74) is -1.25. The van der Waals surface area contributed by atoms with Crippen molar-refractivity contribution in [3.63, 3.8) is 0 Å². The first-order valence-electron chi connectivity index (χ1n) is 8.82. The molecule has 0 aromatic heterocycles. The van der Waals surface area contributed by atoms with Crippen molar-refractivity contribution < 1.29 is 0 Å². The Morgan fingerprint density at radius 2 is 0.913 bits per heavy atom. The Labute approximate surface area is 158 Å². The summed E-state index contributed by atoms with van der Waals surface area (Å²) in [6, 6.07) is 11.6. The van der Waals surface area contributed by atoms with Crippen LogP contribution in [0.5, 0.6) is 0 Å². The molecule has 0 fully saturated rings. The van der Waals surface area contributed by atoms with Gasteiger partial charge in [0.25, 0.3) is 0 Å². The SMILES string of the molecule is C[Si](C)([Te][Si]([Si](C)(C)C)([Si](C)(C)C)[Si](C)(C)C)c1ccccc1. The summed E-state index contributed by atoms with van der Waals surface area (Å²) in [6.45, 7) is 30.3. The third kappa shape index (κ3) is 4.44. The second-order valence-corrected chi connectivity index (χ2v) is 83.7. The van der Waals surface area contributed by atoms with Crippen molar-refractivity contribution >= 4 is 57.1 Å². The summed E-state index contributed by atoms with van der Waals surface area (Å²) in [6.07, 6.45) is 0. The number of hydrogen-bond donors (Lipinski definition) is 0. The van der Waals surface area contributed by atoms with E-state index >= 15 is 0 Å². The van der Waals surface area contributed by atoms with Gasteiger partial charge in [-0.1, -0.05) is 0 Å². The summed E-state index contributed by atoms with van der Waals surface area (Å²) in [4.78, 5) is 0. The van der Waals surface area contributed by atoms with Gasteiger partial charge in [-0.25, -0.2) is 0 Å². The van der Waals surface area contributed by atoms with Gasteiger partial charge < -0.3 is 0 Å². The molecule has 0 spiro atoms. The summed E-state index contributed by atoms with van der Waals surface area (Å²) < 4.78 is -1.11. The first-order chi connectivity index (χ1) is 10.1. The molecule has 132 valence electrons. The molecule has 0 aliphatic carbocycles. The Balaban J connectivity index is 3.55. The van der Waals surface area contributed by atoms with E-state index in [4.69, 9.17) is 0 Å². The Hall–Kier alpha value is 1.09. The van der Waals surface area contributed by atoms with Crippen LogP contribution in [0.2, 0.25) is 72.0 Å². The Kier molecular flexibility index (Phi) is 6.75. The second kappa shape index (κ2) is 7.01. The van der Waals surface area contributed by atoms with Crippen LogP contribution in [-0.4, -0.2) is 51.9 Å². The molecule has 0 aliphatic rings. The summed E-state index contributed by atoms with van der Waals surface area (Å²) >= 11 is 0.104. The van der Waals surface area contributed by atoms with Crippen LogP contribution in [0.4, 0.5) is 0 Å². The second-order valence-electron chi connectivity index (χ2n) is 10.4. The van der Waals surface area contributed by atoms with E-state index in [1.54, 1.807) is 5.19 Å². The fourth-order valence-electron chi connectivity index (χ4n) is 5.12. The third-order valence-electron chi connectivity index (χ3n) is 5.05. The van der Waals surface area contributed by atoms with Crippen molar-refractivity contribution in [1.82, 2.24) is 0 Å². The van der Waals surface area contributed by atoms with E-state index in [9.17, 15) is 0 Å². The third-order valence-corrected chi connectivity index (χ3v) is 165. The van der Waals surface area contributed by atoms with Crippen LogP contribution in [0.3, 0.4) is 0 Å². The molecule has 0 amide bonds. The topological polar surface area (TPSA) is 0 Å². The predicted octanol–water partition coefficient (Wildman–Crippen LogP) is 5.00. The van der Waals surface area contributed by atoms with E-state index in [1.165, 1.54) is 0 Å². The molecule has 0 saturated carbocycles. The van der Waals surface area contributed by atoms with Crippen LogP contribution in [0.15, 0.2) is 30.3 Å². The van der Waals surface area contributed by atoms with Crippen molar-refractivity contribution in [2.45, 2.75) is 72.0 Å². The average Bonchev–Trinajstić information content (AvgIpc) is 2.32. The van der Waals surface area contributed by atoms with E-state index in [0.29, 0.717) is 0 Å². The summed E-state index contributed by atoms with van der Waals surface area (Å²) in [7, 11) is -3.29. The van der Waals surface area contributed by atoms with Gasteiger partial charge in [-0.2, -0.15) is 0 Å². The van der Waals surface area contributed by atoms with E-state index in [0.717, 1.165) is 0 Å². The van der Waals surface area contributed by atoms with Crippen molar-refractivity contribution in [3.8, 4) is 0 Å². The molecule has 1 aromatic rings. The zero-order valence-electron chi connectivity index (χ0n) is 17.3. The average molecular weight is 511 g/mol.